The van der Waals surface area contributed by atoms with E-state index < -0.39 is 10.1 Å². The maximum Gasteiger partial charge on any atom is 0.339 e. The summed E-state index contributed by atoms with van der Waals surface area (Å²) in [4.78, 5) is 0.0374. The second-order valence-electron chi connectivity index (χ2n) is 4.36. The number of ether oxygens (including phenoxy) is 1. The Bertz CT molecular complexity index is 806. The summed E-state index contributed by atoms with van der Waals surface area (Å²) in [6, 6.07) is 10.9. The van der Waals surface area contributed by atoms with Gasteiger partial charge in [0, 0.05) is 5.56 Å². The normalized spacial score (nSPS) is 11.6. The molecular formula is C15H14BrNO5S. The Balaban J connectivity index is 2.46. The van der Waals surface area contributed by atoms with E-state index in [1.54, 1.807) is 31.2 Å². The van der Waals surface area contributed by atoms with E-state index in [0.717, 1.165) is 0 Å². The molecule has 0 radical (unpaired) electrons. The van der Waals surface area contributed by atoms with E-state index in [1.807, 2.05) is 0 Å². The first kappa shape index (κ1) is 17.3. The molecule has 0 bridgehead atoms. The molecule has 0 unspecified atom stereocenters. The van der Waals surface area contributed by atoms with Gasteiger partial charge in [0.1, 0.15) is 4.90 Å². The molecule has 2 rings (SSSR count). The molecule has 1 N–H and O–H groups in total. The van der Waals surface area contributed by atoms with E-state index in [4.69, 9.17) is 14.1 Å². The molecule has 0 heterocycles. The maximum atomic E-state index is 12.4. The molecule has 0 saturated carbocycles. The Hall–Kier alpha value is -2.06. The zero-order valence-corrected chi connectivity index (χ0v) is 14.5. The predicted molar refractivity (Wildman–Crippen MR) is 88.9 cm³/mol. The number of halogens is 1. The predicted octanol–water partition coefficient (Wildman–Crippen LogP) is 3.42. The minimum absolute atomic E-state index is 0.0331. The summed E-state index contributed by atoms with van der Waals surface area (Å²) in [5.41, 5.74) is 0.521. The molecule has 2 aromatic carbocycles. The van der Waals surface area contributed by atoms with Gasteiger partial charge in [0.25, 0.3) is 0 Å². The molecule has 0 atom stereocenters. The molecule has 8 heteroatoms. The molecule has 0 aliphatic heterocycles. The van der Waals surface area contributed by atoms with Crippen LogP contribution in [-0.4, -0.2) is 26.4 Å². The second kappa shape index (κ2) is 7.47. The highest BCUT2D eigenvalue weighted by atomic mass is 79.9. The average Bonchev–Trinajstić information content (AvgIpc) is 2.52. The average molecular weight is 400 g/mol. The van der Waals surface area contributed by atoms with Crippen LogP contribution in [0.5, 0.6) is 11.5 Å². The molecule has 6 nitrogen and oxygen atoms in total. The second-order valence-corrected chi connectivity index (χ2v) is 6.76. The van der Waals surface area contributed by atoms with Crippen LogP contribution >= 0.6 is 15.9 Å². The van der Waals surface area contributed by atoms with Crippen molar-refractivity contribution in [1.82, 2.24) is 0 Å². The van der Waals surface area contributed by atoms with Crippen LogP contribution in [0.4, 0.5) is 0 Å². The quantitative estimate of drug-likeness (QED) is 0.348. The molecule has 0 aliphatic carbocycles. The van der Waals surface area contributed by atoms with Gasteiger partial charge in [0.2, 0.25) is 0 Å². The largest absolute Gasteiger partial charge is 0.490 e. The first-order chi connectivity index (χ1) is 11.0. The maximum absolute atomic E-state index is 12.4. The SMILES string of the molecule is CCOc1cc(/C=N\O)cc(Br)c1OS(=O)(=O)c1ccccc1. The number of oxime groups is 1. The van der Waals surface area contributed by atoms with Crippen molar-refractivity contribution in [2.24, 2.45) is 5.16 Å². The zero-order chi connectivity index (χ0) is 16.9. The van der Waals surface area contributed by atoms with Crippen LogP contribution in [-0.2, 0) is 10.1 Å². The van der Waals surface area contributed by atoms with Crippen LogP contribution in [0.15, 0.2) is 57.0 Å². The fraction of sp³-hybridized carbons (Fsp3) is 0.133. The van der Waals surface area contributed by atoms with Crippen LogP contribution in [0.1, 0.15) is 12.5 Å². The minimum Gasteiger partial charge on any atom is -0.490 e. The highest BCUT2D eigenvalue weighted by Gasteiger charge is 2.21. The lowest BCUT2D eigenvalue weighted by atomic mass is 10.2. The van der Waals surface area contributed by atoms with Gasteiger partial charge < -0.3 is 14.1 Å². The minimum atomic E-state index is -3.99. The summed E-state index contributed by atoms with van der Waals surface area (Å²) in [5, 5.41) is 11.6. The third-order valence-corrected chi connectivity index (χ3v) is 4.59. The van der Waals surface area contributed by atoms with E-state index in [9.17, 15) is 8.42 Å². The molecule has 0 spiro atoms. The molecule has 2 aromatic rings. The fourth-order valence-electron chi connectivity index (χ4n) is 1.82. The van der Waals surface area contributed by atoms with Gasteiger partial charge in [-0.05, 0) is 47.1 Å². The number of hydrogen-bond acceptors (Lipinski definition) is 6. The zero-order valence-electron chi connectivity index (χ0n) is 12.1. The number of nitrogens with zero attached hydrogens (tertiary/aromatic N) is 1. The molecule has 23 heavy (non-hydrogen) atoms. The Morgan fingerprint density at radius 3 is 2.57 bits per heavy atom. The number of rotatable bonds is 6. The molecule has 0 fully saturated rings. The van der Waals surface area contributed by atoms with Crippen molar-refractivity contribution < 1.29 is 22.5 Å². The summed E-state index contributed by atoms with van der Waals surface area (Å²) in [6.07, 6.45) is 1.20. The third kappa shape index (κ3) is 4.23. The number of hydrogen-bond donors (Lipinski definition) is 1. The van der Waals surface area contributed by atoms with Crippen LogP contribution in [0.2, 0.25) is 0 Å². The Kier molecular flexibility index (Phi) is 5.62. The van der Waals surface area contributed by atoms with Crippen LogP contribution < -0.4 is 8.92 Å². The van der Waals surface area contributed by atoms with Crippen molar-refractivity contribution in [3.63, 3.8) is 0 Å². The summed E-state index contributed by atoms with van der Waals surface area (Å²) >= 11 is 3.25. The van der Waals surface area contributed by atoms with Gasteiger partial charge >= 0.3 is 10.1 Å². The summed E-state index contributed by atoms with van der Waals surface area (Å²) in [5.74, 6) is 0.252. The van der Waals surface area contributed by atoms with Gasteiger partial charge in [0.05, 0.1) is 17.3 Å². The smallest absolute Gasteiger partial charge is 0.339 e. The summed E-state index contributed by atoms with van der Waals surface area (Å²) < 4.78 is 35.7. The van der Waals surface area contributed by atoms with Crippen molar-refractivity contribution in [3.8, 4) is 11.5 Å². The molecule has 0 aromatic heterocycles. The molecular weight excluding hydrogens is 386 g/mol. The fourth-order valence-corrected chi connectivity index (χ4v) is 3.44. The summed E-state index contributed by atoms with van der Waals surface area (Å²) in [7, 11) is -3.99. The van der Waals surface area contributed by atoms with Crippen LogP contribution in [0, 0.1) is 0 Å². The standard InChI is InChI=1S/C15H14BrNO5S/c1-2-21-14-9-11(10-17-18)8-13(16)15(14)22-23(19,20)12-6-4-3-5-7-12/h3-10,18H,2H2,1H3/b17-10-. The van der Waals surface area contributed by atoms with E-state index in [-0.39, 0.29) is 16.4 Å². The summed E-state index contributed by atoms with van der Waals surface area (Å²) in [6.45, 7) is 2.07. The number of benzene rings is 2. The highest BCUT2D eigenvalue weighted by Crippen LogP contribution is 2.38. The van der Waals surface area contributed by atoms with Crippen molar-refractivity contribution in [2.45, 2.75) is 11.8 Å². The van der Waals surface area contributed by atoms with Crippen molar-refractivity contribution in [1.29, 1.82) is 0 Å². The molecule has 0 aliphatic rings. The Morgan fingerprint density at radius 1 is 1.26 bits per heavy atom. The van der Waals surface area contributed by atoms with Crippen LogP contribution in [0.3, 0.4) is 0 Å². The van der Waals surface area contributed by atoms with Crippen molar-refractivity contribution >= 4 is 32.3 Å². The van der Waals surface area contributed by atoms with Gasteiger partial charge in [-0.1, -0.05) is 23.4 Å². The Labute approximate surface area is 142 Å². The Morgan fingerprint density at radius 2 is 1.96 bits per heavy atom. The van der Waals surface area contributed by atoms with E-state index in [1.165, 1.54) is 24.4 Å². The topological polar surface area (TPSA) is 85.2 Å². The molecule has 0 amide bonds. The van der Waals surface area contributed by atoms with Gasteiger partial charge in [-0.25, -0.2) is 0 Å². The van der Waals surface area contributed by atoms with Crippen molar-refractivity contribution in [3.05, 3.63) is 52.5 Å². The highest BCUT2D eigenvalue weighted by molar-refractivity contribution is 9.10. The lowest BCUT2D eigenvalue weighted by Crippen LogP contribution is -2.11. The monoisotopic (exact) mass is 399 g/mol. The van der Waals surface area contributed by atoms with Gasteiger partial charge in [-0.2, -0.15) is 8.42 Å². The first-order valence-corrected chi connectivity index (χ1v) is 8.81. The van der Waals surface area contributed by atoms with E-state index in [2.05, 4.69) is 21.1 Å². The van der Waals surface area contributed by atoms with Gasteiger partial charge in [-0.15, -0.1) is 0 Å². The van der Waals surface area contributed by atoms with Gasteiger partial charge in [-0.3, -0.25) is 0 Å². The van der Waals surface area contributed by atoms with Gasteiger partial charge in [0.15, 0.2) is 11.5 Å². The van der Waals surface area contributed by atoms with E-state index in [0.29, 0.717) is 16.6 Å². The van der Waals surface area contributed by atoms with Crippen molar-refractivity contribution in [2.75, 3.05) is 6.61 Å². The van der Waals surface area contributed by atoms with E-state index >= 15 is 0 Å². The first-order valence-electron chi connectivity index (χ1n) is 6.61. The lowest BCUT2D eigenvalue weighted by molar-refractivity contribution is 0.321. The lowest BCUT2D eigenvalue weighted by Gasteiger charge is -2.14. The van der Waals surface area contributed by atoms with Crippen LogP contribution in [0.25, 0.3) is 0 Å². The molecule has 122 valence electrons. The molecule has 0 saturated heterocycles. The third-order valence-electron chi connectivity index (χ3n) is 2.76.